The molecule has 0 spiro atoms. The fourth-order valence-electron chi connectivity index (χ4n) is 4.60. The summed E-state index contributed by atoms with van der Waals surface area (Å²) in [6.45, 7) is 2.13. The number of carbonyl (C=O) groups excluding carboxylic acids is 1. The number of carbonyl (C=O) groups is 2. The predicted octanol–water partition coefficient (Wildman–Crippen LogP) is 5.47. The van der Waals surface area contributed by atoms with Crippen LogP contribution in [0.25, 0.3) is 0 Å². The Balaban J connectivity index is 1.67. The first-order valence-electron chi connectivity index (χ1n) is 10.9. The van der Waals surface area contributed by atoms with Crippen LogP contribution in [0.5, 0.6) is 5.75 Å². The lowest BCUT2D eigenvalue weighted by Gasteiger charge is -2.32. The highest BCUT2D eigenvalue weighted by Crippen LogP contribution is 2.37. The smallest absolute Gasteiger partial charge is 0.497 e. The molecule has 1 aliphatic rings. The van der Waals surface area contributed by atoms with Crippen molar-refractivity contribution >= 4 is 35.5 Å². The zero-order valence-corrected chi connectivity index (χ0v) is 20.8. The molecule has 1 saturated heterocycles. The Hall–Kier alpha value is -2.03. The molecule has 8 heteroatoms. The van der Waals surface area contributed by atoms with Crippen molar-refractivity contribution in [3.63, 3.8) is 0 Å². The van der Waals surface area contributed by atoms with E-state index >= 15 is 0 Å². The number of thioether (sulfide) groups is 2. The second-order valence-electron chi connectivity index (χ2n) is 8.54. The molecule has 33 heavy (non-hydrogen) atoms. The Morgan fingerprint density at radius 3 is 2.36 bits per heavy atom. The molecule has 5 nitrogen and oxygen atoms in total. The van der Waals surface area contributed by atoms with Gasteiger partial charge in [0, 0.05) is 23.8 Å². The summed E-state index contributed by atoms with van der Waals surface area (Å²) in [6.07, 6.45) is 2.08. The van der Waals surface area contributed by atoms with E-state index in [1.54, 1.807) is 31.0 Å². The van der Waals surface area contributed by atoms with Crippen LogP contribution in [-0.4, -0.2) is 58.5 Å². The van der Waals surface area contributed by atoms with E-state index < -0.39 is 15.8 Å². The number of imide groups is 1. The molecule has 0 aromatic heterocycles. The van der Waals surface area contributed by atoms with Gasteiger partial charge >= 0.3 is 12.0 Å². The second-order valence-corrected chi connectivity index (χ2v) is 10.6. The molecule has 178 valence electrons. The summed E-state index contributed by atoms with van der Waals surface area (Å²) in [7, 11) is 1.63. The number of benzene rings is 2. The normalized spacial score (nSPS) is 23.3. The standard InChI is InChI=1S/C25H30FNO4S2/c1-17-12-20(13-18-4-8-21(26)9-5-18)14-27(17,25(29)30)24(28)23(32-3)16-33-15-19-6-10-22(31-2)11-7-19/h4-11,17,20,23H,12-16H2,1-3H3/p+1/t17?,20-,23?,27+/m1/s1. The molecule has 2 aromatic rings. The molecule has 0 radical (unpaired) electrons. The van der Waals surface area contributed by atoms with Gasteiger partial charge in [0.25, 0.3) is 0 Å². The van der Waals surface area contributed by atoms with Crippen molar-refractivity contribution in [2.75, 3.05) is 25.7 Å². The van der Waals surface area contributed by atoms with Crippen molar-refractivity contribution in [3.8, 4) is 5.75 Å². The molecule has 1 heterocycles. The Kier molecular flexibility index (Phi) is 8.84. The van der Waals surface area contributed by atoms with Gasteiger partial charge in [0.05, 0.1) is 13.7 Å². The number of methoxy groups -OCH3 is 1. The van der Waals surface area contributed by atoms with E-state index in [0.29, 0.717) is 18.6 Å². The molecule has 4 atom stereocenters. The highest BCUT2D eigenvalue weighted by molar-refractivity contribution is 8.03. The van der Waals surface area contributed by atoms with Crippen molar-refractivity contribution in [1.29, 1.82) is 0 Å². The van der Waals surface area contributed by atoms with Crippen LogP contribution in [-0.2, 0) is 17.0 Å². The third kappa shape index (κ3) is 5.91. The summed E-state index contributed by atoms with van der Waals surface area (Å²) in [6, 6.07) is 13.8. The Morgan fingerprint density at radius 2 is 1.79 bits per heavy atom. The number of ether oxygens (including phenoxy) is 1. The van der Waals surface area contributed by atoms with Crippen molar-refractivity contribution in [3.05, 3.63) is 65.5 Å². The van der Waals surface area contributed by atoms with Gasteiger partial charge < -0.3 is 9.84 Å². The van der Waals surface area contributed by atoms with E-state index in [2.05, 4.69) is 0 Å². The SMILES string of the molecule is COc1ccc(CSCC(SC)C(=O)[N@+]2(C(=O)O)C[C@@H](Cc3ccc(F)cc3)CC2C)cc1. The first-order chi connectivity index (χ1) is 15.8. The van der Waals surface area contributed by atoms with Gasteiger partial charge in [-0.05, 0) is 55.0 Å². The second kappa shape index (κ2) is 11.4. The quantitative estimate of drug-likeness (QED) is 0.468. The van der Waals surface area contributed by atoms with E-state index in [9.17, 15) is 19.1 Å². The van der Waals surface area contributed by atoms with Crippen LogP contribution in [0, 0.1) is 11.7 Å². The molecular formula is C25H31FNO4S2+. The minimum Gasteiger partial charge on any atom is -0.497 e. The van der Waals surface area contributed by atoms with E-state index in [1.165, 1.54) is 23.9 Å². The number of quaternary nitrogens is 1. The monoisotopic (exact) mass is 492 g/mol. The number of likely N-dealkylation sites (tertiary alicyclic amines) is 1. The number of amides is 2. The molecule has 1 fully saturated rings. The van der Waals surface area contributed by atoms with Crippen LogP contribution in [0.3, 0.4) is 0 Å². The van der Waals surface area contributed by atoms with E-state index in [1.807, 2.05) is 37.4 Å². The lowest BCUT2D eigenvalue weighted by Crippen LogP contribution is -2.62. The summed E-state index contributed by atoms with van der Waals surface area (Å²) >= 11 is 3.05. The number of hydrogen-bond acceptors (Lipinski definition) is 5. The van der Waals surface area contributed by atoms with Crippen molar-refractivity contribution in [2.24, 2.45) is 5.92 Å². The summed E-state index contributed by atoms with van der Waals surface area (Å²) in [5, 5.41) is 9.79. The third-order valence-corrected chi connectivity index (χ3v) is 8.66. The van der Waals surface area contributed by atoms with Crippen LogP contribution in [0.15, 0.2) is 48.5 Å². The minimum absolute atomic E-state index is 0.0555. The summed E-state index contributed by atoms with van der Waals surface area (Å²) in [5.41, 5.74) is 2.09. The van der Waals surface area contributed by atoms with Crippen molar-refractivity contribution < 1.29 is 28.3 Å². The molecule has 2 aromatic carbocycles. The van der Waals surface area contributed by atoms with Gasteiger partial charge in [-0.3, -0.25) is 0 Å². The highest BCUT2D eigenvalue weighted by Gasteiger charge is 2.57. The molecule has 3 rings (SSSR count). The first-order valence-corrected chi connectivity index (χ1v) is 13.4. The number of nitrogens with zero attached hydrogens (tertiary/aromatic N) is 1. The topological polar surface area (TPSA) is 63.6 Å². The average Bonchev–Trinajstić information content (AvgIpc) is 3.15. The van der Waals surface area contributed by atoms with Gasteiger partial charge in [-0.15, -0.1) is 11.8 Å². The number of carboxylic acid groups (broad SMARTS) is 1. The Labute approximate surface area is 203 Å². The maximum Gasteiger partial charge on any atom is 0.521 e. The predicted molar refractivity (Wildman–Crippen MR) is 132 cm³/mol. The number of rotatable bonds is 9. The van der Waals surface area contributed by atoms with Gasteiger partial charge in [-0.1, -0.05) is 24.3 Å². The Bertz CT molecular complexity index is 954. The minimum atomic E-state index is -1.08. The summed E-state index contributed by atoms with van der Waals surface area (Å²) < 4.78 is 17.9. The Morgan fingerprint density at radius 1 is 1.15 bits per heavy atom. The van der Waals surface area contributed by atoms with Crippen LogP contribution < -0.4 is 4.74 Å². The fourth-order valence-corrected chi connectivity index (χ4v) is 6.72. The van der Waals surface area contributed by atoms with E-state index in [0.717, 1.165) is 22.6 Å². The van der Waals surface area contributed by atoms with Crippen molar-refractivity contribution in [1.82, 2.24) is 0 Å². The summed E-state index contributed by atoms with van der Waals surface area (Å²) in [4.78, 5) is 26.1. The molecule has 2 amide bonds. The molecular weight excluding hydrogens is 461 g/mol. The average molecular weight is 493 g/mol. The summed E-state index contributed by atoms with van der Waals surface area (Å²) in [5.74, 6) is 1.62. The molecule has 1 N–H and O–H groups in total. The molecule has 0 aliphatic carbocycles. The van der Waals surface area contributed by atoms with Gasteiger partial charge in [-0.2, -0.15) is 21.0 Å². The zero-order valence-electron chi connectivity index (χ0n) is 19.2. The van der Waals surface area contributed by atoms with Gasteiger partial charge in [0.1, 0.15) is 22.9 Å². The maximum absolute atomic E-state index is 13.6. The highest BCUT2D eigenvalue weighted by atomic mass is 32.2. The molecule has 2 unspecified atom stereocenters. The van der Waals surface area contributed by atoms with E-state index in [4.69, 9.17) is 4.74 Å². The molecule has 1 aliphatic heterocycles. The fraction of sp³-hybridized carbons (Fsp3) is 0.440. The van der Waals surface area contributed by atoms with Gasteiger partial charge in [0.15, 0.2) is 0 Å². The lowest BCUT2D eigenvalue weighted by molar-refractivity contribution is -0.793. The van der Waals surface area contributed by atoms with Crippen LogP contribution in [0.2, 0.25) is 0 Å². The van der Waals surface area contributed by atoms with Crippen molar-refractivity contribution in [2.45, 2.75) is 36.8 Å². The molecule has 0 bridgehead atoms. The largest absolute Gasteiger partial charge is 0.521 e. The zero-order chi connectivity index (χ0) is 24.0. The van der Waals surface area contributed by atoms with Crippen LogP contribution >= 0.6 is 23.5 Å². The first kappa shape index (κ1) is 25.6. The van der Waals surface area contributed by atoms with Gasteiger partial charge in [0.2, 0.25) is 0 Å². The lowest BCUT2D eigenvalue weighted by atomic mass is 9.97. The van der Waals surface area contributed by atoms with E-state index in [-0.39, 0.29) is 30.2 Å². The maximum atomic E-state index is 13.6. The number of hydrogen-bond donors (Lipinski definition) is 1. The number of halogens is 1. The van der Waals surface area contributed by atoms with Crippen LogP contribution in [0.1, 0.15) is 24.5 Å². The third-order valence-electron chi connectivity index (χ3n) is 6.40. The van der Waals surface area contributed by atoms with Crippen LogP contribution in [0.4, 0.5) is 9.18 Å². The molecule has 0 saturated carbocycles. The van der Waals surface area contributed by atoms with Gasteiger partial charge in [-0.25, -0.2) is 9.18 Å².